The third kappa shape index (κ3) is 3.84. The van der Waals surface area contributed by atoms with Gasteiger partial charge in [-0.2, -0.15) is 0 Å². The molecule has 0 radical (unpaired) electrons. The molecule has 1 heterocycles. The largest absolute Gasteiger partial charge is 0.508 e. The van der Waals surface area contributed by atoms with E-state index in [9.17, 15) is 5.11 Å². The Labute approximate surface area is 125 Å². The maximum atomic E-state index is 9.41. The number of hydrogen-bond donors (Lipinski definition) is 2. The van der Waals surface area contributed by atoms with Gasteiger partial charge >= 0.3 is 0 Å². The fraction of sp³-hybridized carbons (Fsp3) is 0.412. The fourth-order valence-electron chi connectivity index (χ4n) is 2.49. The summed E-state index contributed by atoms with van der Waals surface area (Å²) in [6.45, 7) is 4.42. The molecular weight excluding hydrogens is 266 g/mol. The highest BCUT2D eigenvalue weighted by atomic mass is 32.1. The van der Waals surface area contributed by atoms with Crippen molar-refractivity contribution in [3.63, 3.8) is 0 Å². The average Bonchev–Trinajstić information content (AvgIpc) is 2.99. The fourth-order valence-corrected chi connectivity index (χ4v) is 3.31. The quantitative estimate of drug-likeness (QED) is 0.748. The van der Waals surface area contributed by atoms with E-state index in [1.165, 1.54) is 16.9 Å². The highest BCUT2D eigenvalue weighted by Gasteiger charge is 2.17. The SMILES string of the molecule is CCCC(NC(CC)c1ccc(O)cc1)c1cccs1. The zero-order valence-electron chi connectivity index (χ0n) is 12.2. The number of rotatable bonds is 7. The topological polar surface area (TPSA) is 32.3 Å². The van der Waals surface area contributed by atoms with Crippen molar-refractivity contribution in [3.05, 3.63) is 52.2 Å². The van der Waals surface area contributed by atoms with E-state index in [0.717, 1.165) is 12.8 Å². The Morgan fingerprint density at radius 3 is 2.40 bits per heavy atom. The minimum absolute atomic E-state index is 0.326. The lowest BCUT2D eigenvalue weighted by atomic mass is 10.0. The van der Waals surface area contributed by atoms with E-state index >= 15 is 0 Å². The lowest BCUT2D eigenvalue weighted by Crippen LogP contribution is -2.25. The van der Waals surface area contributed by atoms with E-state index in [-0.39, 0.29) is 0 Å². The van der Waals surface area contributed by atoms with Crippen LogP contribution in [0.4, 0.5) is 0 Å². The number of hydrogen-bond acceptors (Lipinski definition) is 3. The first-order valence-corrected chi connectivity index (χ1v) is 8.21. The van der Waals surface area contributed by atoms with Gasteiger partial charge in [-0.1, -0.05) is 38.5 Å². The van der Waals surface area contributed by atoms with Gasteiger partial charge in [-0.15, -0.1) is 11.3 Å². The molecule has 2 N–H and O–H groups in total. The van der Waals surface area contributed by atoms with Gasteiger partial charge in [-0.3, -0.25) is 0 Å². The molecule has 0 spiro atoms. The maximum absolute atomic E-state index is 9.41. The molecule has 1 aromatic carbocycles. The number of benzene rings is 1. The van der Waals surface area contributed by atoms with Crippen LogP contribution in [0, 0.1) is 0 Å². The molecule has 0 bridgehead atoms. The van der Waals surface area contributed by atoms with Gasteiger partial charge in [-0.05, 0) is 42.0 Å². The molecule has 2 unspecified atom stereocenters. The summed E-state index contributed by atoms with van der Waals surface area (Å²) in [5.74, 6) is 0.326. The van der Waals surface area contributed by atoms with Crippen molar-refractivity contribution in [1.82, 2.24) is 5.32 Å². The molecule has 0 fully saturated rings. The minimum atomic E-state index is 0.326. The summed E-state index contributed by atoms with van der Waals surface area (Å²) in [7, 11) is 0. The standard InChI is InChI=1S/C17H23NOS/c1-3-6-16(17-7-5-12-20-17)18-15(4-2)13-8-10-14(19)11-9-13/h5,7-12,15-16,18-19H,3-4,6H2,1-2H3. The van der Waals surface area contributed by atoms with Crippen LogP contribution < -0.4 is 5.32 Å². The highest BCUT2D eigenvalue weighted by molar-refractivity contribution is 7.10. The Balaban J connectivity index is 2.12. The van der Waals surface area contributed by atoms with Gasteiger partial charge < -0.3 is 10.4 Å². The summed E-state index contributed by atoms with van der Waals surface area (Å²) in [5.41, 5.74) is 1.24. The molecule has 2 nitrogen and oxygen atoms in total. The van der Waals surface area contributed by atoms with Crippen LogP contribution in [0.2, 0.25) is 0 Å². The molecule has 20 heavy (non-hydrogen) atoms. The van der Waals surface area contributed by atoms with Crippen molar-refractivity contribution in [1.29, 1.82) is 0 Å². The molecule has 0 aliphatic rings. The summed E-state index contributed by atoms with van der Waals surface area (Å²) in [6, 6.07) is 12.6. The molecule has 2 rings (SSSR count). The van der Waals surface area contributed by atoms with Gasteiger partial charge in [0.15, 0.2) is 0 Å². The lowest BCUT2D eigenvalue weighted by molar-refractivity contribution is 0.416. The maximum Gasteiger partial charge on any atom is 0.115 e. The molecule has 0 amide bonds. The summed E-state index contributed by atoms with van der Waals surface area (Å²) in [4.78, 5) is 1.41. The summed E-state index contributed by atoms with van der Waals surface area (Å²) < 4.78 is 0. The Bertz CT molecular complexity index is 492. The molecule has 108 valence electrons. The molecule has 0 saturated heterocycles. The molecular formula is C17H23NOS. The normalized spacial score (nSPS) is 14.1. The predicted molar refractivity (Wildman–Crippen MR) is 86.2 cm³/mol. The highest BCUT2D eigenvalue weighted by Crippen LogP contribution is 2.28. The first-order valence-electron chi connectivity index (χ1n) is 7.33. The van der Waals surface area contributed by atoms with Crippen LogP contribution in [0.15, 0.2) is 41.8 Å². The van der Waals surface area contributed by atoms with E-state index in [2.05, 4.69) is 36.7 Å². The van der Waals surface area contributed by atoms with Gasteiger partial charge in [0.25, 0.3) is 0 Å². The van der Waals surface area contributed by atoms with Crippen LogP contribution in [0.3, 0.4) is 0 Å². The summed E-state index contributed by atoms with van der Waals surface area (Å²) >= 11 is 1.82. The molecule has 3 heteroatoms. The van der Waals surface area contributed by atoms with Gasteiger partial charge in [0, 0.05) is 17.0 Å². The first kappa shape index (κ1) is 15.1. The van der Waals surface area contributed by atoms with Crippen LogP contribution in [0.5, 0.6) is 5.75 Å². The molecule has 0 saturated carbocycles. The van der Waals surface area contributed by atoms with Crippen molar-refractivity contribution in [3.8, 4) is 5.75 Å². The first-order chi connectivity index (χ1) is 9.74. The number of nitrogens with one attached hydrogen (secondary N) is 1. The van der Waals surface area contributed by atoms with Crippen molar-refractivity contribution in [2.24, 2.45) is 0 Å². The zero-order valence-corrected chi connectivity index (χ0v) is 13.0. The average molecular weight is 289 g/mol. The third-order valence-corrected chi connectivity index (χ3v) is 4.56. The van der Waals surface area contributed by atoms with E-state index in [1.807, 2.05) is 23.5 Å². The second-order valence-electron chi connectivity index (χ2n) is 5.08. The predicted octanol–water partition coefficient (Wildman–Crippen LogP) is 5.04. The van der Waals surface area contributed by atoms with Gasteiger partial charge in [0.2, 0.25) is 0 Å². The van der Waals surface area contributed by atoms with Gasteiger partial charge in [-0.25, -0.2) is 0 Å². The summed E-state index contributed by atoms with van der Waals surface area (Å²) in [6.07, 6.45) is 3.35. The Morgan fingerprint density at radius 1 is 1.10 bits per heavy atom. The van der Waals surface area contributed by atoms with Crippen LogP contribution in [0.1, 0.15) is 55.6 Å². The Hall–Kier alpha value is -1.32. The number of thiophene rings is 1. The molecule has 0 aliphatic heterocycles. The van der Waals surface area contributed by atoms with E-state index < -0.39 is 0 Å². The van der Waals surface area contributed by atoms with Crippen molar-refractivity contribution in [2.45, 2.75) is 45.2 Å². The van der Waals surface area contributed by atoms with Crippen LogP contribution in [0.25, 0.3) is 0 Å². The molecule has 0 aliphatic carbocycles. The smallest absolute Gasteiger partial charge is 0.115 e. The molecule has 2 atom stereocenters. The van der Waals surface area contributed by atoms with Crippen molar-refractivity contribution in [2.75, 3.05) is 0 Å². The Morgan fingerprint density at radius 2 is 1.85 bits per heavy atom. The van der Waals surface area contributed by atoms with Crippen LogP contribution >= 0.6 is 11.3 Å². The van der Waals surface area contributed by atoms with Crippen molar-refractivity contribution >= 4 is 11.3 Å². The van der Waals surface area contributed by atoms with E-state index in [0.29, 0.717) is 17.8 Å². The summed E-state index contributed by atoms with van der Waals surface area (Å²) in [5, 5.41) is 15.3. The monoisotopic (exact) mass is 289 g/mol. The van der Waals surface area contributed by atoms with E-state index in [1.54, 1.807) is 12.1 Å². The zero-order chi connectivity index (χ0) is 14.4. The third-order valence-electron chi connectivity index (χ3n) is 3.57. The van der Waals surface area contributed by atoms with Gasteiger partial charge in [0.1, 0.15) is 5.75 Å². The van der Waals surface area contributed by atoms with Crippen molar-refractivity contribution < 1.29 is 5.11 Å². The second-order valence-corrected chi connectivity index (χ2v) is 6.05. The number of phenolic OH excluding ortho intramolecular Hbond substituents is 1. The van der Waals surface area contributed by atoms with Crippen LogP contribution in [-0.2, 0) is 0 Å². The molecule has 1 aromatic heterocycles. The Kier molecular flexibility index (Phi) is 5.62. The molecule has 2 aromatic rings. The number of phenols is 1. The lowest BCUT2D eigenvalue weighted by Gasteiger charge is -2.24. The minimum Gasteiger partial charge on any atom is -0.508 e. The van der Waals surface area contributed by atoms with Gasteiger partial charge in [0.05, 0.1) is 0 Å². The van der Waals surface area contributed by atoms with E-state index in [4.69, 9.17) is 0 Å². The van der Waals surface area contributed by atoms with Crippen LogP contribution in [-0.4, -0.2) is 5.11 Å². The second kappa shape index (κ2) is 7.46. The number of aromatic hydroxyl groups is 1.